The maximum absolute atomic E-state index is 5.54. The topological polar surface area (TPSA) is 48.1 Å². The number of nitrogens with two attached hydrogens (primary N) is 1. The van der Waals surface area contributed by atoms with E-state index in [1.807, 2.05) is 12.1 Å². The molecule has 0 aliphatic rings. The minimum Gasteiger partial charge on any atom is -0.384 e. The molecule has 0 bridgehead atoms. The van der Waals surface area contributed by atoms with Crippen LogP contribution in [-0.4, -0.2) is 11.6 Å². The fourth-order valence-electron chi connectivity index (χ4n) is 1.07. The van der Waals surface area contributed by atoms with Gasteiger partial charge in [0.25, 0.3) is 0 Å². The average Bonchev–Trinajstić information content (AvgIpc) is 2.12. The number of pyridine rings is 1. The molecular formula is C11H18N2O. The maximum Gasteiger partial charge on any atom is 0.123 e. The van der Waals surface area contributed by atoms with E-state index in [1.54, 1.807) is 6.07 Å². The normalized spacial score (nSPS) is 10.8. The molecule has 0 radical (unpaired) electrons. The van der Waals surface area contributed by atoms with Crippen LogP contribution < -0.4 is 5.73 Å². The standard InChI is InChI=1S/C11H18N2O/c1-9(2)6-7-14-8-10-4-3-5-11(12)13-10/h3-5,9H,6-8H2,1-2H3,(H2,12,13). The van der Waals surface area contributed by atoms with E-state index in [-0.39, 0.29) is 0 Å². The average molecular weight is 194 g/mol. The highest BCUT2D eigenvalue weighted by atomic mass is 16.5. The lowest BCUT2D eigenvalue weighted by atomic mass is 10.1. The lowest BCUT2D eigenvalue weighted by Gasteiger charge is -2.06. The van der Waals surface area contributed by atoms with Crippen molar-refractivity contribution in [2.24, 2.45) is 5.92 Å². The van der Waals surface area contributed by atoms with Gasteiger partial charge in [-0.05, 0) is 24.5 Å². The number of nitrogen functional groups attached to an aromatic ring is 1. The first-order valence-corrected chi connectivity index (χ1v) is 4.97. The van der Waals surface area contributed by atoms with E-state index in [4.69, 9.17) is 10.5 Å². The minimum atomic E-state index is 0.551. The number of anilines is 1. The summed E-state index contributed by atoms with van der Waals surface area (Å²) in [7, 11) is 0. The van der Waals surface area contributed by atoms with Gasteiger partial charge in [0.15, 0.2) is 0 Å². The van der Waals surface area contributed by atoms with Gasteiger partial charge in [-0.15, -0.1) is 0 Å². The van der Waals surface area contributed by atoms with Crippen LogP contribution in [0.25, 0.3) is 0 Å². The molecule has 0 spiro atoms. The molecule has 78 valence electrons. The molecule has 0 atom stereocenters. The highest BCUT2D eigenvalue weighted by molar-refractivity contribution is 5.28. The van der Waals surface area contributed by atoms with Crippen molar-refractivity contribution in [2.75, 3.05) is 12.3 Å². The Morgan fingerprint density at radius 1 is 1.43 bits per heavy atom. The zero-order chi connectivity index (χ0) is 10.4. The molecule has 3 heteroatoms. The summed E-state index contributed by atoms with van der Waals surface area (Å²) < 4.78 is 5.47. The van der Waals surface area contributed by atoms with Gasteiger partial charge in [0.1, 0.15) is 5.82 Å². The van der Waals surface area contributed by atoms with Crippen LogP contribution in [0.5, 0.6) is 0 Å². The van der Waals surface area contributed by atoms with Crippen molar-refractivity contribution in [2.45, 2.75) is 26.9 Å². The Kier molecular flexibility index (Phi) is 4.40. The first-order chi connectivity index (χ1) is 6.68. The quantitative estimate of drug-likeness (QED) is 0.731. The Morgan fingerprint density at radius 2 is 2.21 bits per heavy atom. The van der Waals surface area contributed by atoms with Gasteiger partial charge in [0.2, 0.25) is 0 Å². The minimum absolute atomic E-state index is 0.551. The summed E-state index contributed by atoms with van der Waals surface area (Å²) in [4.78, 5) is 4.14. The third-order valence-electron chi connectivity index (χ3n) is 1.92. The molecule has 1 heterocycles. The largest absolute Gasteiger partial charge is 0.384 e. The summed E-state index contributed by atoms with van der Waals surface area (Å²) in [6, 6.07) is 5.59. The summed E-state index contributed by atoms with van der Waals surface area (Å²) in [5.74, 6) is 1.23. The van der Waals surface area contributed by atoms with Crippen LogP contribution in [0.3, 0.4) is 0 Å². The highest BCUT2D eigenvalue weighted by Crippen LogP contribution is 2.04. The molecule has 1 rings (SSSR count). The fraction of sp³-hybridized carbons (Fsp3) is 0.545. The molecule has 0 amide bonds. The SMILES string of the molecule is CC(C)CCOCc1cccc(N)n1. The van der Waals surface area contributed by atoms with E-state index in [1.165, 1.54) is 0 Å². The predicted molar refractivity (Wildman–Crippen MR) is 57.8 cm³/mol. The van der Waals surface area contributed by atoms with E-state index in [9.17, 15) is 0 Å². The number of hydrogen-bond acceptors (Lipinski definition) is 3. The van der Waals surface area contributed by atoms with Crippen molar-refractivity contribution in [3.63, 3.8) is 0 Å². The smallest absolute Gasteiger partial charge is 0.123 e. The van der Waals surface area contributed by atoms with Crippen LogP contribution in [0.2, 0.25) is 0 Å². The maximum atomic E-state index is 5.54. The number of hydrogen-bond donors (Lipinski definition) is 1. The lowest BCUT2D eigenvalue weighted by Crippen LogP contribution is -2.01. The molecule has 0 saturated carbocycles. The zero-order valence-corrected chi connectivity index (χ0v) is 8.86. The Labute approximate surface area is 85.3 Å². The second-order valence-corrected chi connectivity index (χ2v) is 3.79. The summed E-state index contributed by atoms with van der Waals surface area (Å²) in [5, 5.41) is 0. The van der Waals surface area contributed by atoms with Gasteiger partial charge >= 0.3 is 0 Å². The van der Waals surface area contributed by atoms with Crippen LogP contribution in [0.1, 0.15) is 26.0 Å². The van der Waals surface area contributed by atoms with Crippen LogP contribution in [-0.2, 0) is 11.3 Å². The first-order valence-electron chi connectivity index (χ1n) is 4.97. The van der Waals surface area contributed by atoms with Gasteiger partial charge in [-0.1, -0.05) is 19.9 Å². The summed E-state index contributed by atoms with van der Waals surface area (Å²) in [6.07, 6.45) is 1.09. The first kappa shape index (κ1) is 11.0. The van der Waals surface area contributed by atoms with Gasteiger partial charge in [-0.3, -0.25) is 0 Å². The molecule has 1 aromatic rings. The summed E-state index contributed by atoms with van der Waals surface area (Å²) in [5.41, 5.74) is 6.44. The van der Waals surface area contributed by atoms with Gasteiger partial charge in [0.05, 0.1) is 12.3 Å². The van der Waals surface area contributed by atoms with Gasteiger partial charge < -0.3 is 10.5 Å². The Bertz CT molecular complexity index is 274. The number of nitrogens with zero attached hydrogens (tertiary/aromatic N) is 1. The van der Waals surface area contributed by atoms with Crippen LogP contribution >= 0.6 is 0 Å². The van der Waals surface area contributed by atoms with E-state index in [0.717, 1.165) is 18.7 Å². The van der Waals surface area contributed by atoms with E-state index < -0.39 is 0 Å². The van der Waals surface area contributed by atoms with Crippen molar-refractivity contribution in [3.05, 3.63) is 23.9 Å². The van der Waals surface area contributed by atoms with Crippen molar-refractivity contribution in [1.82, 2.24) is 4.98 Å². The molecule has 0 aliphatic heterocycles. The van der Waals surface area contributed by atoms with Crippen molar-refractivity contribution < 1.29 is 4.74 Å². The molecule has 2 N–H and O–H groups in total. The third-order valence-corrected chi connectivity index (χ3v) is 1.92. The van der Waals surface area contributed by atoms with Crippen molar-refractivity contribution in [1.29, 1.82) is 0 Å². The summed E-state index contributed by atoms with van der Waals surface area (Å²) >= 11 is 0. The monoisotopic (exact) mass is 194 g/mol. The fourth-order valence-corrected chi connectivity index (χ4v) is 1.07. The van der Waals surface area contributed by atoms with Crippen LogP contribution in [0, 0.1) is 5.92 Å². The second kappa shape index (κ2) is 5.60. The third kappa shape index (κ3) is 4.23. The zero-order valence-electron chi connectivity index (χ0n) is 8.86. The number of ether oxygens (including phenoxy) is 1. The van der Waals surface area contributed by atoms with E-state index in [0.29, 0.717) is 18.3 Å². The van der Waals surface area contributed by atoms with Crippen molar-refractivity contribution in [3.8, 4) is 0 Å². The van der Waals surface area contributed by atoms with Crippen LogP contribution in [0.15, 0.2) is 18.2 Å². The summed E-state index contributed by atoms with van der Waals surface area (Å²) in [6.45, 7) is 5.70. The van der Waals surface area contributed by atoms with Gasteiger partial charge in [-0.25, -0.2) is 4.98 Å². The van der Waals surface area contributed by atoms with Crippen LogP contribution in [0.4, 0.5) is 5.82 Å². The molecule has 3 nitrogen and oxygen atoms in total. The molecule has 0 aliphatic carbocycles. The van der Waals surface area contributed by atoms with Crippen molar-refractivity contribution >= 4 is 5.82 Å². The Hall–Kier alpha value is -1.09. The molecule has 0 fully saturated rings. The van der Waals surface area contributed by atoms with E-state index in [2.05, 4.69) is 18.8 Å². The lowest BCUT2D eigenvalue weighted by molar-refractivity contribution is 0.108. The second-order valence-electron chi connectivity index (χ2n) is 3.79. The molecule has 0 unspecified atom stereocenters. The number of rotatable bonds is 5. The highest BCUT2D eigenvalue weighted by Gasteiger charge is 1.97. The Morgan fingerprint density at radius 3 is 2.86 bits per heavy atom. The molecule has 1 aromatic heterocycles. The molecule has 0 aromatic carbocycles. The van der Waals surface area contributed by atoms with E-state index >= 15 is 0 Å². The molecular weight excluding hydrogens is 176 g/mol. The molecule has 14 heavy (non-hydrogen) atoms. The predicted octanol–water partition coefficient (Wildman–Crippen LogP) is 2.23. The Balaban J connectivity index is 2.25. The van der Waals surface area contributed by atoms with Gasteiger partial charge in [0, 0.05) is 6.61 Å². The number of aromatic nitrogens is 1. The van der Waals surface area contributed by atoms with Gasteiger partial charge in [-0.2, -0.15) is 0 Å². The molecule has 0 saturated heterocycles.